The Morgan fingerprint density at radius 3 is 2.52 bits per heavy atom. The zero-order valence-electron chi connectivity index (χ0n) is 12.9. The summed E-state index contributed by atoms with van der Waals surface area (Å²) in [7, 11) is 1.71. The Morgan fingerprint density at radius 1 is 1.14 bits per heavy atom. The minimum atomic E-state index is 0.331. The van der Waals surface area contributed by atoms with Crippen LogP contribution in [0.1, 0.15) is 24.1 Å². The van der Waals surface area contributed by atoms with E-state index < -0.39 is 0 Å². The fourth-order valence-corrected chi connectivity index (χ4v) is 2.83. The zero-order valence-corrected chi connectivity index (χ0v) is 13.7. The molecule has 3 heteroatoms. The molecule has 21 heavy (non-hydrogen) atoms. The van der Waals surface area contributed by atoms with Crippen molar-refractivity contribution in [3.63, 3.8) is 0 Å². The summed E-state index contributed by atoms with van der Waals surface area (Å²) in [5.41, 5.74) is 2.62. The number of hydrogen-bond donors (Lipinski definition) is 1. The van der Waals surface area contributed by atoms with Crippen molar-refractivity contribution in [2.75, 3.05) is 19.9 Å². The van der Waals surface area contributed by atoms with Crippen molar-refractivity contribution in [2.45, 2.75) is 24.3 Å². The number of rotatable bonds is 7. The second-order valence-corrected chi connectivity index (χ2v) is 5.82. The number of nitrogens with one attached hydrogen (secondary N) is 1. The van der Waals surface area contributed by atoms with Gasteiger partial charge in [0.15, 0.2) is 0 Å². The molecule has 1 N–H and O–H groups in total. The highest BCUT2D eigenvalue weighted by atomic mass is 32.2. The van der Waals surface area contributed by atoms with Crippen LogP contribution in [0.3, 0.4) is 0 Å². The number of benzene rings is 2. The van der Waals surface area contributed by atoms with Crippen LogP contribution in [0.5, 0.6) is 5.75 Å². The molecule has 0 heterocycles. The van der Waals surface area contributed by atoms with E-state index in [0.717, 1.165) is 18.7 Å². The van der Waals surface area contributed by atoms with Gasteiger partial charge < -0.3 is 10.1 Å². The monoisotopic (exact) mass is 301 g/mol. The second-order valence-electron chi connectivity index (χ2n) is 4.94. The highest BCUT2D eigenvalue weighted by Crippen LogP contribution is 2.23. The van der Waals surface area contributed by atoms with Crippen molar-refractivity contribution >= 4 is 11.8 Å². The molecule has 0 aliphatic carbocycles. The van der Waals surface area contributed by atoms with Gasteiger partial charge in [-0.1, -0.05) is 31.2 Å². The highest BCUT2D eigenvalue weighted by molar-refractivity contribution is 7.98. The lowest BCUT2D eigenvalue weighted by atomic mass is 9.98. The first-order valence-corrected chi connectivity index (χ1v) is 8.49. The van der Waals surface area contributed by atoms with E-state index in [4.69, 9.17) is 4.74 Å². The largest absolute Gasteiger partial charge is 0.497 e. The second kappa shape index (κ2) is 8.11. The quantitative estimate of drug-likeness (QED) is 0.770. The van der Waals surface area contributed by atoms with Gasteiger partial charge in [0.05, 0.1) is 7.11 Å². The zero-order chi connectivity index (χ0) is 15.1. The van der Waals surface area contributed by atoms with Crippen LogP contribution in [0, 0.1) is 0 Å². The van der Waals surface area contributed by atoms with Crippen LogP contribution >= 0.6 is 11.8 Å². The summed E-state index contributed by atoms with van der Waals surface area (Å²) in [4.78, 5) is 1.30. The highest BCUT2D eigenvalue weighted by Gasteiger charge is 2.11. The van der Waals surface area contributed by atoms with E-state index in [1.165, 1.54) is 16.0 Å². The topological polar surface area (TPSA) is 21.3 Å². The summed E-state index contributed by atoms with van der Waals surface area (Å²) < 4.78 is 5.31. The van der Waals surface area contributed by atoms with Gasteiger partial charge in [-0.15, -0.1) is 11.8 Å². The molecule has 1 unspecified atom stereocenters. The molecule has 0 fully saturated rings. The van der Waals surface area contributed by atoms with E-state index in [2.05, 4.69) is 54.9 Å². The Labute approximate surface area is 131 Å². The first-order valence-electron chi connectivity index (χ1n) is 7.27. The molecule has 2 nitrogen and oxygen atoms in total. The lowest BCUT2D eigenvalue weighted by Crippen LogP contribution is -2.22. The van der Waals surface area contributed by atoms with Gasteiger partial charge in [0.1, 0.15) is 5.75 Å². The maximum atomic E-state index is 5.31. The summed E-state index contributed by atoms with van der Waals surface area (Å²) in [6.07, 6.45) is 3.07. The molecule has 2 rings (SSSR count). The maximum absolute atomic E-state index is 5.31. The maximum Gasteiger partial charge on any atom is 0.119 e. The third kappa shape index (κ3) is 4.51. The number of thioether (sulfide) groups is 1. The Hall–Kier alpha value is -1.45. The van der Waals surface area contributed by atoms with Crippen molar-refractivity contribution in [1.29, 1.82) is 0 Å². The molecule has 0 saturated carbocycles. The predicted molar refractivity (Wildman–Crippen MR) is 91.3 cm³/mol. The molecule has 2 aromatic rings. The molecule has 112 valence electrons. The van der Waals surface area contributed by atoms with Crippen LogP contribution in [0.2, 0.25) is 0 Å². The van der Waals surface area contributed by atoms with Crippen molar-refractivity contribution < 1.29 is 4.74 Å². The lowest BCUT2D eigenvalue weighted by molar-refractivity contribution is 0.414. The van der Waals surface area contributed by atoms with Gasteiger partial charge in [-0.25, -0.2) is 0 Å². The molecule has 0 aliphatic heterocycles. The number of ether oxygens (including phenoxy) is 1. The number of methoxy groups -OCH3 is 1. The SMILES string of the molecule is CCNC(Cc1cccc(OC)c1)c1ccc(SC)cc1. The Morgan fingerprint density at radius 2 is 1.90 bits per heavy atom. The molecule has 2 aromatic carbocycles. The first kappa shape index (κ1) is 15.9. The van der Waals surface area contributed by atoms with Crippen molar-refractivity contribution in [3.05, 3.63) is 59.7 Å². The van der Waals surface area contributed by atoms with Gasteiger partial charge in [-0.3, -0.25) is 0 Å². The van der Waals surface area contributed by atoms with Gasteiger partial charge in [0.2, 0.25) is 0 Å². The van der Waals surface area contributed by atoms with Crippen LogP contribution in [-0.4, -0.2) is 19.9 Å². The Balaban J connectivity index is 2.17. The van der Waals surface area contributed by atoms with E-state index in [0.29, 0.717) is 6.04 Å². The third-order valence-electron chi connectivity index (χ3n) is 3.54. The average Bonchev–Trinajstić information content (AvgIpc) is 2.55. The van der Waals surface area contributed by atoms with Gasteiger partial charge in [-0.05, 0) is 54.6 Å². The molecular formula is C18H23NOS. The van der Waals surface area contributed by atoms with Gasteiger partial charge in [-0.2, -0.15) is 0 Å². The van der Waals surface area contributed by atoms with E-state index in [1.54, 1.807) is 18.9 Å². The molecule has 0 aromatic heterocycles. The molecular weight excluding hydrogens is 278 g/mol. The van der Waals surface area contributed by atoms with E-state index in [1.807, 2.05) is 12.1 Å². The molecule has 0 aliphatic rings. The van der Waals surface area contributed by atoms with Gasteiger partial charge in [0.25, 0.3) is 0 Å². The number of likely N-dealkylation sites (N-methyl/N-ethyl adjacent to an activating group) is 1. The summed E-state index contributed by atoms with van der Waals surface area (Å²) in [6.45, 7) is 3.10. The minimum Gasteiger partial charge on any atom is -0.497 e. The van der Waals surface area contributed by atoms with E-state index in [-0.39, 0.29) is 0 Å². The summed E-state index contributed by atoms with van der Waals surface area (Å²) in [5, 5.41) is 3.57. The van der Waals surface area contributed by atoms with Crippen LogP contribution in [0.25, 0.3) is 0 Å². The predicted octanol–water partition coefficient (Wildman–Crippen LogP) is 4.31. The Bertz CT molecular complexity index is 553. The average molecular weight is 301 g/mol. The third-order valence-corrected chi connectivity index (χ3v) is 4.29. The van der Waals surface area contributed by atoms with E-state index in [9.17, 15) is 0 Å². The summed E-state index contributed by atoms with van der Waals surface area (Å²) >= 11 is 1.77. The van der Waals surface area contributed by atoms with Gasteiger partial charge in [0, 0.05) is 10.9 Å². The standard InChI is InChI=1S/C18H23NOS/c1-4-19-18(15-8-10-17(21-3)11-9-15)13-14-6-5-7-16(12-14)20-2/h5-12,18-19H,4,13H2,1-3H3. The molecule has 0 radical (unpaired) electrons. The number of hydrogen-bond acceptors (Lipinski definition) is 3. The molecule has 1 atom stereocenters. The van der Waals surface area contributed by atoms with E-state index >= 15 is 0 Å². The summed E-state index contributed by atoms with van der Waals surface area (Å²) in [5.74, 6) is 0.917. The van der Waals surface area contributed by atoms with Crippen LogP contribution in [0.4, 0.5) is 0 Å². The lowest BCUT2D eigenvalue weighted by Gasteiger charge is -2.19. The van der Waals surface area contributed by atoms with Crippen molar-refractivity contribution in [2.24, 2.45) is 0 Å². The molecule has 0 spiro atoms. The molecule has 0 saturated heterocycles. The fourth-order valence-electron chi connectivity index (χ4n) is 2.43. The van der Waals surface area contributed by atoms with Crippen molar-refractivity contribution in [3.8, 4) is 5.75 Å². The fraction of sp³-hybridized carbons (Fsp3) is 0.333. The first-order chi connectivity index (χ1) is 10.3. The summed E-state index contributed by atoms with van der Waals surface area (Å²) in [6, 6.07) is 17.5. The van der Waals surface area contributed by atoms with Crippen LogP contribution in [-0.2, 0) is 6.42 Å². The normalized spacial score (nSPS) is 12.1. The van der Waals surface area contributed by atoms with Gasteiger partial charge >= 0.3 is 0 Å². The Kier molecular flexibility index (Phi) is 6.15. The van der Waals surface area contributed by atoms with Crippen LogP contribution < -0.4 is 10.1 Å². The molecule has 0 amide bonds. The van der Waals surface area contributed by atoms with Crippen LogP contribution in [0.15, 0.2) is 53.4 Å². The smallest absolute Gasteiger partial charge is 0.119 e. The molecule has 0 bridgehead atoms. The van der Waals surface area contributed by atoms with Crippen molar-refractivity contribution in [1.82, 2.24) is 5.32 Å². The minimum absolute atomic E-state index is 0.331.